The van der Waals surface area contributed by atoms with Gasteiger partial charge in [0, 0.05) is 32.9 Å². The fourth-order valence-electron chi connectivity index (χ4n) is 8.56. The van der Waals surface area contributed by atoms with Gasteiger partial charge in [0.1, 0.15) is 0 Å². The summed E-state index contributed by atoms with van der Waals surface area (Å²) in [5.74, 6) is 1.87. The minimum Gasteiger partial charge on any atom is -0.277 e. The third-order valence-electron chi connectivity index (χ3n) is 11.3. The van der Waals surface area contributed by atoms with Gasteiger partial charge >= 0.3 is 0 Å². The first-order valence-electron chi connectivity index (χ1n) is 18.8. The van der Waals surface area contributed by atoms with Gasteiger partial charge in [-0.25, -0.2) is 4.98 Å². The van der Waals surface area contributed by atoms with Gasteiger partial charge in [0.05, 0.1) is 11.0 Å². The van der Waals surface area contributed by atoms with Gasteiger partial charge in [0.25, 0.3) is 0 Å². The van der Waals surface area contributed by atoms with E-state index in [4.69, 9.17) is 15.0 Å². The maximum Gasteiger partial charge on any atom is 0.238 e. The maximum atomic E-state index is 5.32. The lowest BCUT2D eigenvalue weighted by molar-refractivity contribution is 0.692. The van der Waals surface area contributed by atoms with E-state index >= 15 is 0 Å². The molecular formula is C50H38N4. The molecule has 0 spiro atoms. The number of fused-ring (bicyclic) bond motifs is 7. The van der Waals surface area contributed by atoms with Crippen LogP contribution in [-0.4, -0.2) is 19.5 Å². The summed E-state index contributed by atoms with van der Waals surface area (Å²) in [7, 11) is 0. The predicted octanol–water partition coefficient (Wildman–Crippen LogP) is 12.8. The molecule has 0 unspecified atom stereocenters. The topological polar surface area (TPSA) is 43.6 Å². The molecule has 2 heterocycles. The lowest BCUT2D eigenvalue weighted by Crippen LogP contribution is -2.21. The molecule has 0 N–H and O–H groups in total. The molecule has 1 aliphatic carbocycles. The fraction of sp³-hybridized carbons (Fsp3) is 0.100. The Balaban J connectivity index is 1.27. The number of nitrogens with zero attached hydrogens (tertiary/aromatic N) is 4. The van der Waals surface area contributed by atoms with Crippen LogP contribution in [0.5, 0.6) is 0 Å². The van der Waals surface area contributed by atoms with Crippen LogP contribution in [0.2, 0.25) is 0 Å². The van der Waals surface area contributed by atoms with Crippen LogP contribution in [0.4, 0.5) is 0 Å². The third-order valence-corrected chi connectivity index (χ3v) is 11.3. The normalized spacial score (nSPS) is 13.9. The van der Waals surface area contributed by atoms with Crippen LogP contribution in [0.3, 0.4) is 0 Å². The number of para-hydroxylation sites is 2. The average molecular weight is 695 g/mol. The molecule has 0 bridgehead atoms. The van der Waals surface area contributed by atoms with Crippen molar-refractivity contribution in [2.24, 2.45) is 0 Å². The van der Waals surface area contributed by atoms with E-state index in [-0.39, 0.29) is 5.41 Å². The van der Waals surface area contributed by atoms with Crippen molar-refractivity contribution in [3.05, 3.63) is 181 Å². The van der Waals surface area contributed by atoms with E-state index in [0.717, 1.165) is 50.3 Å². The van der Waals surface area contributed by atoms with E-state index in [1.54, 1.807) is 0 Å². The monoisotopic (exact) mass is 694 g/mol. The van der Waals surface area contributed by atoms with Gasteiger partial charge in [-0.05, 0) is 62.4 Å². The molecule has 2 aromatic heterocycles. The number of hydrogen-bond acceptors (Lipinski definition) is 3. The molecule has 0 radical (unpaired) electrons. The van der Waals surface area contributed by atoms with Crippen molar-refractivity contribution >= 4 is 54.5 Å². The lowest BCUT2D eigenvalue weighted by atomic mass is 9.72. The summed E-state index contributed by atoms with van der Waals surface area (Å²) in [6, 6.07) is 53.8. The molecular weight excluding hydrogens is 657 g/mol. The zero-order chi connectivity index (χ0) is 36.4. The zero-order valence-electron chi connectivity index (χ0n) is 30.6. The highest BCUT2D eigenvalue weighted by Gasteiger charge is 2.34. The van der Waals surface area contributed by atoms with E-state index in [1.807, 2.05) is 18.2 Å². The van der Waals surface area contributed by atoms with Crippen molar-refractivity contribution in [3.8, 4) is 28.7 Å². The molecule has 1 aliphatic rings. The second kappa shape index (κ2) is 12.5. The number of rotatable bonds is 5. The number of hydrogen-bond donors (Lipinski definition) is 0. The quantitative estimate of drug-likeness (QED) is 0.180. The highest BCUT2D eigenvalue weighted by atomic mass is 15.2. The fourth-order valence-corrected chi connectivity index (χ4v) is 8.56. The smallest absolute Gasteiger partial charge is 0.238 e. The van der Waals surface area contributed by atoms with Gasteiger partial charge in [-0.2, -0.15) is 9.97 Å². The number of aromatic nitrogens is 4. The van der Waals surface area contributed by atoms with Crippen LogP contribution in [0.25, 0.3) is 83.2 Å². The highest BCUT2D eigenvalue weighted by molar-refractivity contribution is 6.13. The Bertz CT molecular complexity index is 3000. The maximum absolute atomic E-state index is 5.32. The lowest BCUT2D eigenvalue weighted by Gasteiger charge is -2.31. The molecule has 0 atom stereocenters. The predicted molar refractivity (Wildman–Crippen MR) is 226 cm³/mol. The molecule has 0 fully saturated rings. The van der Waals surface area contributed by atoms with Crippen molar-refractivity contribution in [1.82, 2.24) is 19.5 Å². The molecule has 0 saturated heterocycles. The van der Waals surface area contributed by atoms with Crippen LogP contribution in [0.15, 0.2) is 164 Å². The number of benzene rings is 7. The Hall–Kier alpha value is -6.65. The van der Waals surface area contributed by atoms with E-state index in [1.165, 1.54) is 38.4 Å². The van der Waals surface area contributed by atoms with Crippen LogP contribution >= 0.6 is 0 Å². The summed E-state index contributed by atoms with van der Waals surface area (Å²) in [4.78, 5) is 15.7. The summed E-state index contributed by atoms with van der Waals surface area (Å²) in [6.45, 7) is 7.01. The van der Waals surface area contributed by atoms with Gasteiger partial charge < -0.3 is 0 Å². The van der Waals surface area contributed by atoms with Crippen molar-refractivity contribution in [1.29, 1.82) is 0 Å². The highest BCUT2D eigenvalue weighted by Crippen LogP contribution is 2.48. The van der Waals surface area contributed by atoms with Gasteiger partial charge in [0.2, 0.25) is 5.95 Å². The third kappa shape index (κ3) is 5.02. The van der Waals surface area contributed by atoms with Gasteiger partial charge in [-0.1, -0.05) is 172 Å². The van der Waals surface area contributed by atoms with Gasteiger partial charge in [-0.3, -0.25) is 4.57 Å². The van der Waals surface area contributed by atoms with Crippen LogP contribution in [0.1, 0.15) is 43.9 Å². The first kappa shape index (κ1) is 32.0. The van der Waals surface area contributed by atoms with Gasteiger partial charge in [-0.15, -0.1) is 0 Å². The molecule has 0 amide bonds. The average Bonchev–Trinajstić information content (AvgIpc) is 3.51. The standard InChI is InChI=1S/C50H38N4/c1-4-32-27-29-42(50(2,3)43-30-28-34-16-10-11-20-38(34)45(32)43)41-23-14-22-40-39-21-12-13-24-44(39)54(46(40)41)49-52-47(35-17-6-5-7-18-35)51-48(53-49)37-26-25-33-15-8-9-19-36(33)31-37/h5-31H,4H2,1-3H3. The molecule has 258 valence electrons. The van der Waals surface area contributed by atoms with Crippen LogP contribution in [-0.2, 0) is 5.41 Å². The minimum atomic E-state index is -0.326. The number of allylic oxidation sites excluding steroid dienone is 4. The molecule has 10 rings (SSSR count). The van der Waals surface area contributed by atoms with Crippen molar-refractivity contribution in [2.45, 2.75) is 32.6 Å². The van der Waals surface area contributed by atoms with Crippen molar-refractivity contribution in [2.75, 3.05) is 0 Å². The Morgan fingerprint density at radius 1 is 0.537 bits per heavy atom. The van der Waals surface area contributed by atoms with E-state index in [2.05, 4.69) is 171 Å². The Labute approximate surface area is 314 Å². The Kier molecular flexibility index (Phi) is 7.41. The van der Waals surface area contributed by atoms with E-state index < -0.39 is 0 Å². The Morgan fingerprint density at radius 2 is 1.20 bits per heavy atom. The molecule has 54 heavy (non-hydrogen) atoms. The second-order valence-corrected chi connectivity index (χ2v) is 14.7. The van der Waals surface area contributed by atoms with Crippen LogP contribution in [0, 0.1) is 0 Å². The van der Waals surface area contributed by atoms with Crippen LogP contribution < -0.4 is 0 Å². The largest absolute Gasteiger partial charge is 0.277 e. The van der Waals surface area contributed by atoms with Gasteiger partial charge in [0.15, 0.2) is 11.6 Å². The Morgan fingerprint density at radius 3 is 2.02 bits per heavy atom. The molecule has 0 saturated carbocycles. The van der Waals surface area contributed by atoms with E-state index in [9.17, 15) is 0 Å². The summed E-state index contributed by atoms with van der Waals surface area (Å²) in [6.07, 6.45) is 5.67. The zero-order valence-corrected chi connectivity index (χ0v) is 30.6. The summed E-state index contributed by atoms with van der Waals surface area (Å²) >= 11 is 0. The summed E-state index contributed by atoms with van der Waals surface area (Å²) < 4.78 is 2.27. The molecule has 4 heteroatoms. The minimum absolute atomic E-state index is 0.326. The molecule has 0 aliphatic heterocycles. The first-order chi connectivity index (χ1) is 26.5. The van der Waals surface area contributed by atoms with Crippen molar-refractivity contribution < 1.29 is 0 Å². The summed E-state index contributed by atoms with van der Waals surface area (Å²) in [5.41, 5.74) is 10.2. The molecule has 4 nitrogen and oxygen atoms in total. The second-order valence-electron chi connectivity index (χ2n) is 14.7. The SMILES string of the molecule is CCC1=CC=C(c2cccc3c4ccccc4n(-c4nc(-c5ccccc5)nc(-c5ccc6ccccc6c5)n4)c23)C(C)(C)c2ccc3ccccc3c21. The molecule has 9 aromatic rings. The first-order valence-corrected chi connectivity index (χ1v) is 18.8. The van der Waals surface area contributed by atoms with Crippen molar-refractivity contribution in [3.63, 3.8) is 0 Å². The van der Waals surface area contributed by atoms with E-state index in [0.29, 0.717) is 17.6 Å². The molecule has 7 aromatic carbocycles. The summed E-state index contributed by atoms with van der Waals surface area (Å²) in [5, 5.41) is 7.22.